The van der Waals surface area contributed by atoms with Crippen LogP contribution in [0.4, 0.5) is 20.7 Å². The number of hydrogen-bond donors (Lipinski definition) is 1. The van der Waals surface area contributed by atoms with Crippen LogP contribution in [0.2, 0.25) is 0 Å². The van der Waals surface area contributed by atoms with Gasteiger partial charge >= 0.3 is 6.09 Å². The van der Waals surface area contributed by atoms with Gasteiger partial charge in [-0.05, 0) is 43.3 Å². The van der Waals surface area contributed by atoms with E-state index in [1.54, 1.807) is 18.3 Å². The molecule has 2 aliphatic heterocycles. The number of cyclic esters (lactones) is 1. The third-order valence-electron chi connectivity index (χ3n) is 6.55. The molecule has 2 fully saturated rings. The molecule has 1 atom stereocenters. The van der Waals surface area contributed by atoms with Crippen LogP contribution in [0.25, 0.3) is 11.1 Å². The summed E-state index contributed by atoms with van der Waals surface area (Å²) in [6.07, 6.45) is 4.46. The Morgan fingerprint density at radius 3 is 2.63 bits per heavy atom. The predicted octanol–water partition coefficient (Wildman–Crippen LogP) is 3.66. The zero-order chi connectivity index (χ0) is 24.8. The lowest BCUT2D eigenvalue weighted by Gasteiger charge is -2.35. The molecular weight excluding hydrogens is 449 g/mol. The summed E-state index contributed by atoms with van der Waals surface area (Å²) in [6, 6.07) is 8.53. The van der Waals surface area contributed by atoms with Crippen molar-refractivity contribution in [2.45, 2.75) is 39.2 Å². The normalized spacial score (nSPS) is 18.6. The number of rotatable bonds is 9. The van der Waals surface area contributed by atoms with Gasteiger partial charge in [0.1, 0.15) is 17.7 Å². The molecule has 0 bridgehead atoms. The third kappa shape index (κ3) is 6.28. The molecule has 35 heavy (non-hydrogen) atoms. The second kappa shape index (κ2) is 11.5. The summed E-state index contributed by atoms with van der Waals surface area (Å²) < 4.78 is 20.3. The van der Waals surface area contributed by atoms with Gasteiger partial charge in [0.05, 0.1) is 18.8 Å². The molecular formula is C26H34FN5O3. The number of hydrogen-bond acceptors (Lipinski definition) is 6. The average molecular weight is 484 g/mol. The number of pyridine rings is 1. The maximum absolute atomic E-state index is 15.0. The number of piperazine rings is 1. The van der Waals surface area contributed by atoms with Crippen molar-refractivity contribution in [2.75, 3.05) is 55.6 Å². The summed E-state index contributed by atoms with van der Waals surface area (Å²) in [5, 5.41) is 2.63. The second-order valence-electron chi connectivity index (χ2n) is 9.16. The SMILES string of the molecule is CCCCCN1CCN(c2ccc(-c3ccc(N4C[C@H](CNC(C)=O)OC4=O)cc3F)cn2)CC1. The van der Waals surface area contributed by atoms with Crippen molar-refractivity contribution in [3.05, 3.63) is 42.3 Å². The number of aromatic nitrogens is 1. The molecule has 2 saturated heterocycles. The van der Waals surface area contributed by atoms with Crippen molar-refractivity contribution in [1.82, 2.24) is 15.2 Å². The van der Waals surface area contributed by atoms with E-state index < -0.39 is 18.0 Å². The van der Waals surface area contributed by atoms with Crippen molar-refractivity contribution < 1.29 is 18.7 Å². The molecule has 1 aromatic heterocycles. The molecule has 1 aromatic carbocycles. The molecule has 0 radical (unpaired) electrons. The summed E-state index contributed by atoms with van der Waals surface area (Å²) in [6.45, 7) is 9.22. The van der Waals surface area contributed by atoms with Gasteiger partial charge < -0.3 is 15.0 Å². The first kappa shape index (κ1) is 24.9. The molecule has 2 aliphatic rings. The Morgan fingerprint density at radius 2 is 1.97 bits per heavy atom. The van der Waals surface area contributed by atoms with E-state index >= 15 is 4.39 Å². The van der Waals surface area contributed by atoms with Crippen molar-refractivity contribution >= 4 is 23.5 Å². The highest BCUT2D eigenvalue weighted by Gasteiger charge is 2.32. The van der Waals surface area contributed by atoms with E-state index in [1.807, 2.05) is 12.1 Å². The Bertz CT molecular complexity index is 1020. The summed E-state index contributed by atoms with van der Waals surface area (Å²) >= 11 is 0. The lowest BCUT2D eigenvalue weighted by atomic mass is 10.1. The molecule has 0 unspecified atom stereocenters. The van der Waals surface area contributed by atoms with E-state index in [0.717, 1.165) is 38.5 Å². The van der Waals surface area contributed by atoms with Crippen molar-refractivity contribution in [1.29, 1.82) is 0 Å². The maximum atomic E-state index is 15.0. The Kier molecular flexibility index (Phi) is 8.17. The topological polar surface area (TPSA) is 78.0 Å². The van der Waals surface area contributed by atoms with Crippen molar-refractivity contribution in [3.63, 3.8) is 0 Å². The Balaban J connectivity index is 1.36. The molecule has 9 heteroatoms. The van der Waals surface area contributed by atoms with Gasteiger partial charge in [-0.2, -0.15) is 0 Å². The second-order valence-corrected chi connectivity index (χ2v) is 9.16. The summed E-state index contributed by atoms with van der Waals surface area (Å²) in [5.41, 5.74) is 1.53. The maximum Gasteiger partial charge on any atom is 0.414 e. The molecule has 0 aliphatic carbocycles. The minimum Gasteiger partial charge on any atom is -0.442 e. The van der Waals surface area contributed by atoms with Crippen LogP contribution in [0.15, 0.2) is 36.5 Å². The first-order valence-electron chi connectivity index (χ1n) is 12.4. The molecule has 188 valence electrons. The van der Waals surface area contributed by atoms with Gasteiger partial charge in [0.25, 0.3) is 0 Å². The highest BCUT2D eigenvalue weighted by molar-refractivity contribution is 5.90. The molecule has 0 spiro atoms. The number of amides is 2. The van der Waals surface area contributed by atoms with Crippen molar-refractivity contribution in [2.24, 2.45) is 0 Å². The molecule has 4 rings (SSSR count). The predicted molar refractivity (Wildman–Crippen MR) is 134 cm³/mol. The molecule has 8 nitrogen and oxygen atoms in total. The van der Waals surface area contributed by atoms with E-state index in [1.165, 1.54) is 37.2 Å². The van der Waals surface area contributed by atoms with Gasteiger partial charge in [0.15, 0.2) is 0 Å². The molecule has 3 heterocycles. The number of benzene rings is 1. The van der Waals surface area contributed by atoms with Crippen LogP contribution >= 0.6 is 0 Å². The van der Waals surface area contributed by atoms with Gasteiger partial charge in [-0.15, -0.1) is 0 Å². The number of carbonyl (C=O) groups excluding carboxylic acids is 2. The van der Waals surface area contributed by atoms with Crippen LogP contribution in [-0.4, -0.2) is 73.8 Å². The van der Waals surface area contributed by atoms with Gasteiger partial charge in [0, 0.05) is 50.4 Å². The zero-order valence-electron chi connectivity index (χ0n) is 20.5. The summed E-state index contributed by atoms with van der Waals surface area (Å²) in [4.78, 5) is 34.1. The van der Waals surface area contributed by atoms with Crippen LogP contribution in [0.5, 0.6) is 0 Å². The highest BCUT2D eigenvalue weighted by atomic mass is 19.1. The van der Waals surface area contributed by atoms with E-state index in [-0.39, 0.29) is 19.0 Å². The first-order chi connectivity index (χ1) is 16.9. The first-order valence-corrected chi connectivity index (χ1v) is 12.4. The number of carbonyl (C=O) groups is 2. The number of halogens is 1. The average Bonchev–Trinajstić information content (AvgIpc) is 3.24. The fourth-order valence-electron chi connectivity index (χ4n) is 4.52. The van der Waals surface area contributed by atoms with Crippen molar-refractivity contribution in [3.8, 4) is 11.1 Å². The zero-order valence-corrected chi connectivity index (χ0v) is 20.5. The van der Waals surface area contributed by atoms with Gasteiger partial charge in [0.2, 0.25) is 5.91 Å². The van der Waals surface area contributed by atoms with Gasteiger partial charge in [-0.3, -0.25) is 14.6 Å². The Hall–Kier alpha value is -3.20. The van der Waals surface area contributed by atoms with E-state index in [0.29, 0.717) is 16.8 Å². The standard InChI is InChI=1S/C26H34FN5O3/c1-3-4-5-10-30-11-13-31(14-12-30)25-9-6-20(16-29-25)23-8-7-21(15-24(23)27)32-18-22(35-26(32)34)17-28-19(2)33/h6-9,15-16,22H,3-5,10-14,17-18H2,1-2H3,(H,28,33)/t22-/m0/s1. The Labute approximate surface area is 206 Å². The quantitative estimate of drug-likeness (QED) is 0.549. The van der Waals surface area contributed by atoms with Crippen LogP contribution in [0.3, 0.4) is 0 Å². The number of anilines is 2. The molecule has 1 N–H and O–H groups in total. The summed E-state index contributed by atoms with van der Waals surface area (Å²) in [5.74, 6) is 0.277. The van der Waals surface area contributed by atoms with Crippen LogP contribution in [0.1, 0.15) is 33.1 Å². The minimum absolute atomic E-state index is 0.195. The number of nitrogens with one attached hydrogen (secondary N) is 1. The summed E-state index contributed by atoms with van der Waals surface area (Å²) in [7, 11) is 0. The van der Waals surface area contributed by atoms with Crippen LogP contribution < -0.4 is 15.1 Å². The molecule has 2 amide bonds. The van der Waals surface area contributed by atoms with E-state index in [9.17, 15) is 9.59 Å². The highest BCUT2D eigenvalue weighted by Crippen LogP contribution is 2.29. The van der Waals surface area contributed by atoms with Crippen LogP contribution in [0, 0.1) is 5.82 Å². The lowest BCUT2D eigenvalue weighted by Crippen LogP contribution is -2.46. The number of ether oxygens (including phenoxy) is 1. The lowest BCUT2D eigenvalue weighted by molar-refractivity contribution is -0.119. The third-order valence-corrected chi connectivity index (χ3v) is 6.55. The fourth-order valence-corrected chi connectivity index (χ4v) is 4.52. The van der Waals surface area contributed by atoms with Gasteiger partial charge in [-0.25, -0.2) is 14.2 Å². The molecule has 2 aromatic rings. The molecule has 0 saturated carbocycles. The van der Waals surface area contributed by atoms with E-state index in [4.69, 9.17) is 4.74 Å². The minimum atomic E-state index is -0.552. The van der Waals surface area contributed by atoms with Gasteiger partial charge in [-0.1, -0.05) is 19.8 Å². The van der Waals surface area contributed by atoms with Crippen LogP contribution in [-0.2, 0) is 9.53 Å². The fraction of sp³-hybridized carbons (Fsp3) is 0.500. The number of nitrogens with zero attached hydrogens (tertiary/aromatic N) is 4. The smallest absolute Gasteiger partial charge is 0.414 e. The number of unbranched alkanes of at least 4 members (excludes halogenated alkanes) is 2. The monoisotopic (exact) mass is 483 g/mol. The largest absolute Gasteiger partial charge is 0.442 e. The Morgan fingerprint density at radius 1 is 1.17 bits per heavy atom. The van der Waals surface area contributed by atoms with E-state index in [2.05, 4.69) is 27.0 Å².